The lowest BCUT2D eigenvalue weighted by atomic mass is 9.77. The van der Waals surface area contributed by atoms with E-state index in [1.165, 1.54) is 6.33 Å². The number of hydrogen-bond donors (Lipinski definition) is 1. The third-order valence-electron chi connectivity index (χ3n) is 3.71. The first-order valence-corrected chi connectivity index (χ1v) is 6.88. The van der Waals surface area contributed by atoms with E-state index in [1.54, 1.807) is 0 Å². The zero-order valence-electron chi connectivity index (χ0n) is 12.1. The van der Waals surface area contributed by atoms with Crippen molar-refractivity contribution in [2.75, 3.05) is 0 Å². The topological polar surface area (TPSA) is 50.8 Å². The van der Waals surface area contributed by atoms with Gasteiger partial charge in [-0.1, -0.05) is 26.8 Å². The maximum atomic E-state index is 5.89. The highest BCUT2D eigenvalue weighted by Gasteiger charge is 2.23. The Hall–Kier alpha value is -2.10. The van der Waals surface area contributed by atoms with Crippen molar-refractivity contribution in [3.63, 3.8) is 0 Å². The van der Waals surface area contributed by atoms with Crippen LogP contribution in [0.5, 0.6) is 5.88 Å². The smallest absolute Gasteiger partial charge is 0.231 e. The molecule has 0 saturated heterocycles. The molecule has 3 rings (SSSR count). The van der Waals surface area contributed by atoms with E-state index in [9.17, 15) is 0 Å². The summed E-state index contributed by atoms with van der Waals surface area (Å²) in [6, 6.07) is 1.93. The first-order valence-electron chi connectivity index (χ1n) is 6.88. The Morgan fingerprint density at radius 2 is 2.15 bits per heavy atom. The van der Waals surface area contributed by atoms with E-state index in [-0.39, 0.29) is 5.41 Å². The van der Waals surface area contributed by atoms with Crippen LogP contribution in [0.15, 0.2) is 42.6 Å². The number of hydrogen-bond acceptors (Lipinski definition) is 3. The minimum absolute atomic E-state index is 0.279. The molecule has 1 aliphatic carbocycles. The number of fused-ring (bicyclic) bond motifs is 1. The fourth-order valence-corrected chi connectivity index (χ4v) is 2.36. The van der Waals surface area contributed by atoms with Crippen LogP contribution in [0.1, 0.15) is 27.2 Å². The molecule has 0 radical (unpaired) electrons. The maximum absolute atomic E-state index is 5.89. The number of aromatic amines is 1. The van der Waals surface area contributed by atoms with Crippen LogP contribution in [0.3, 0.4) is 0 Å². The molecule has 0 bridgehead atoms. The Morgan fingerprint density at radius 1 is 1.30 bits per heavy atom. The summed E-state index contributed by atoms with van der Waals surface area (Å²) < 4.78 is 5.89. The number of rotatable bonds is 2. The van der Waals surface area contributed by atoms with Crippen LogP contribution in [0.4, 0.5) is 0 Å². The number of aromatic nitrogens is 3. The molecule has 1 aliphatic rings. The number of allylic oxidation sites excluding steroid dienone is 3. The minimum Gasteiger partial charge on any atom is -0.439 e. The SMILES string of the molecule is CC(C)(C)[C@@H]1C=CC(Oc2ncnc3[nH]ccc23)=CC1. The summed E-state index contributed by atoms with van der Waals surface area (Å²) >= 11 is 0. The van der Waals surface area contributed by atoms with Gasteiger partial charge in [0.2, 0.25) is 5.88 Å². The van der Waals surface area contributed by atoms with E-state index in [0.29, 0.717) is 11.8 Å². The van der Waals surface area contributed by atoms with E-state index in [4.69, 9.17) is 4.74 Å². The van der Waals surface area contributed by atoms with Gasteiger partial charge in [0.25, 0.3) is 0 Å². The fraction of sp³-hybridized carbons (Fsp3) is 0.375. The van der Waals surface area contributed by atoms with Gasteiger partial charge in [-0.25, -0.2) is 9.97 Å². The quantitative estimate of drug-likeness (QED) is 0.901. The second-order valence-electron chi connectivity index (χ2n) is 6.19. The molecule has 2 aromatic heterocycles. The van der Waals surface area contributed by atoms with E-state index in [1.807, 2.05) is 18.3 Å². The van der Waals surface area contributed by atoms with Crippen molar-refractivity contribution in [3.8, 4) is 5.88 Å². The van der Waals surface area contributed by atoms with Crippen molar-refractivity contribution in [1.29, 1.82) is 0 Å². The van der Waals surface area contributed by atoms with E-state index >= 15 is 0 Å². The van der Waals surface area contributed by atoms with Crippen LogP contribution in [-0.4, -0.2) is 15.0 Å². The lowest BCUT2D eigenvalue weighted by Crippen LogP contribution is -2.19. The van der Waals surface area contributed by atoms with Crippen molar-refractivity contribution in [2.45, 2.75) is 27.2 Å². The van der Waals surface area contributed by atoms with E-state index in [2.05, 4.69) is 47.9 Å². The van der Waals surface area contributed by atoms with Crippen molar-refractivity contribution >= 4 is 11.0 Å². The Kier molecular flexibility index (Phi) is 3.08. The second-order valence-corrected chi connectivity index (χ2v) is 6.19. The molecule has 0 unspecified atom stereocenters. The summed E-state index contributed by atoms with van der Waals surface area (Å²) in [7, 11) is 0. The lowest BCUT2D eigenvalue weighted by Gasteiger charge is -2.29. The largest absolute Gasteiger partial charge is 0.439 e. The van der Waals surface area contributed by atoms with Gasteiger partial charge in [-0.2, -0.15) is 0 Å². The normalized spacial score (nSPS) is 19.1. The molecule has 0 amide bonds. The van der Waals surface area contributed by atoms with Crippen LogP contribution >= 0.6 is 0 Å². The summed E-state index contributed by atoms with van der Waals surface area (Å²) in [5, 5.41) is 0.903. The third kappa shape index (κ3) is 2.46. The van der Waals surface area contributed by atoms with Gasteiger partial charge in [0.1, 0.15) is 17.7 Å². The van der Waals surface area contributed by atoms with Gasteiger partial charge < -0.3 is 9.72 Å². The molecule has 0 spiro atoms. The minimum atomic E-state index is 0.279. The Morgan fingerprint density at radius 3 is 2.85 bits per heavy atom. The monoisotopic (exact) mass is 269 g/mol. The van der Waals surface area contributed by atoms with Crippen molar-refractivity contribution in [1.82, 2.24) is 15.0 Å². The van der Waals surface area contributed by atoms with Crippen LogP contribution in [-0.2, 0) is 0 Å². The predicted molar refractivity (Wildman–Crippen MR) is 79.3 cm³/mol. The Balaban J connectivity index is 1.79. The molecule has 0 fully saturated rings. The van der Waals surface area contributed by atoms with Crippen LogP contribution in [0.2, 0.25) is 0 Å². The van der Waals surface area contributed by atoms with Gasteiger partial charge in [-0.3, -0.25) is 0 Å². The molecule has 4 nitrogen and oxygen atoms in total. The zero-order chi connectivity index (χ0) is 14.2. The average Bonchev–Trinajstić information content (AvgIpc) is 2.88. The highest BCUT2D eigenvalue weighted by atomic mass is 16.5. The number of nitrogens with one attached hydrogen (secondary N) is 1. The van der Waals surface area contributed by atoms with Gasteiger partial charge in [0, 0.05) is 6.20 Å². The summed E-state index contributed by atoms with van der Waals surface area (Å²) in [6.07, 6.45) is 10.8. The molecule has 20 heavy (non-hydrogen) atoms. The van der Waals surface area contributed by atoms with Crippen LogP contribution < -0.4 is 4.74 Å². The Bertz CT molecular complexity index is 676. The highest BCUT2D eigenvalue weighted by Crippen LogP contribution is 2.33. The first kappa shape index (κ1) is 12.9. The molecule has 4 heteroatoms. The summed E-state index contributed by atoms with van der Waals surface area (Å²) in [4.78, 5) is 11.4. The van der Waals surface area contributed by atoms with Gasteiger partial charge in [0.15, 0.2) is 0 Å². The number of nitrogens with zero attached hydrogens (tertiary/aromatic N) is 2. The molecular formula is C16H19N3O. The number of ether oxygens (including phenoxy) is 1. The molecule has 0 aliphatic heterocycles. The summed E-state index contributed by atoms with van der Waals surface area (Å²) in [6.45, 7) is 6.78. The van der Waals surface area contributed by atoms with Gasteiger partial charge in [-0.05, 0) is 36.0 Å². The molecule has 1 atom stereocenters. The van der Waals surface area contributed by atoms with Gasteiger partial charge in [-0.15, -0.1) is 0 Å². The van der Waals surface area contributed by atoms with Gasteiger partial charge in [0.05, 0.1) is 5.39 Å². The highest BCUT2D eigenvalue weighted by molar-refractivity contribution is 5.80. The zero-order valence-corrected chi connectivity index (χ0v) is 12.1. The third-order valence-corrected chi connectivity index (χ3v) is 3.71. The van der Waals surface area contributed by atoms with E-state index < -0.39 is 0 Å². The molecule has 104 valence electrons. The second kappa shape index (κ2) is 4.78. The van der Waals surface area contributed by atoms with Crippen LogP contribution in [0.25, 0.3) is 11.0 Å². The molecule has 0 aromatic carbocycles. The lowest BCUT2D eigenvalue weighted by molar-refractivity contribution is 0.288. The molecular weight excluding hydrogens is 250 g/mol. The fourth-order valence-electron chi connectivity index (χ4n) is 2.36. The van der Waals surface area contributed by atoms with Crippen LogP contribution in [0, 0.1) is 11.3 Å². The molecule has 2 aromatic rings. The molecule has 2 heterocycles. The predicted octanol–water partition coefficient (Wildman–Crippen LogP) is 3.84. The van der Waals surface area contributed by atoms with Crippen molar-refractivity contribution in [2.24, 2.45) is 11.3 Å². The maximum Gasteiger partial charge on any atom is 0.231 e. The molecule has 0 saturated carbocycles. The van der Waals surface area contributed by atoms with Crippen molar-refractivity contribution < 1.29 is 4.74 Å². The summed E-state index contributed by atoms with van der Waals surface area (Å²) in [5.74, 6) is 2.00. The van der Waals surface area contributed by atoms with Gasteiger partial charge >= 0.3 is 0 Å². The molecule has 1 N–H and O–H groups in total. The standard InChI is InChI=1S/C16H19N3O/c1-16(2,3)11-4-6-12(7-5-11)20-15-13-8-9-17-14(13)18-10-19-15/h4,6-11H,5H2,1-3H3,(H,17,18,19)/t11-/m1/s1. The van der Waals surface area contributed by atoms with E-state index in [0.717, 1.165) is 23.2 Å². The first-order chi connectivity index (χ1) is 9.54. The summed E-state index contributed by atoms with van der Waals surface area (Å²) in [5.41, 5.74) is 1.07. The van der Waals surface area contributed by atoms with Crippen molar-refractivity contribution in [3.05, 3.63) is 42.6 Å². The number of H-pyrrole nitrogens is 1. The Labute approximate surface area is 118 Å². The average molecular weight is 269 g/mol.